The van der Waals surface area contributed by atoms with Crippen LogP contribution in [-0.4, -0.2) is 33.2 Å². The van der Waals surface area contributed by atoms with Gasteiger partial charge in [-0.25, -0.2) is 0 Å². The summed E-state index contributed by atoms with van der Waals surface area (Å²) >= 11 is 0. The van der Waals surface area contributed by atoms with Crippen LogP contribution in [0.2, 0.25) is 0 Å². The molecule has 0 aliphatic rings. The van der Waals surface area contributed by atoms with E-state index in [-0.39, 0.29) is 17.4 Å². The third kappa shape index (κ3) is 75.2. The molecular formula is C54H96CrO6. The smallest absolute Gasteiger partial charge is 0.303 e. The summed E-state index contributed by atoms with van der Waals surface area (Å²) in [4.78, 5) is 31.0. The number of rotatable bonds is 42. The average molecular weight is 893 g/mol. The summed E-state index contributed by atoms with van der Waals surface area (Å²) in [6, 6.07) is 0. The first-order valence-corrected chi connectivity index (χ1v) is 24.9. The quantitative estimate of drug-likeness (QED) is 0.0416. The number of aliphatic carboxylic acids is 3. The molecule has 0 aromatic rings. The van der Waals surface area contributed by atoms with Gasteiger partial charge in [-0.2, -0.15) is 0 Å². The summed E-state index contributed by atoms with van der Waals surface area (Å²) < 4.78 is 0. The molecule has 0 aliphatic carbocycles. The van der Waals surface area contributed by atoms with Crippen molar-refractivity contribution in [2.24, 2.45) is 0 Å². The zero-order chi connectivity index (χ0) is 44.7. The van der Waals surface area contributed by atoms with E-state index < -0.39 is 17.9 Å². The molecule has 354 valence electrons. The second-order valence-electron chi connectivity index (χ2n) is 16.1. The van der Waals surface area contributed by atoms with Crippen LogP contribution < -0.4 is 0 Å². The van der Waals surface area contributed by atoms with Crippen molar-refractivity contribution in [3.63, 3.8) is 0 Å². The Bertz CT molecular complexity index is 940. The molecule has 61 heavy (non-hydrogen) atoms. The number of carbonyl (C=O) groups is 3. The van der Waals surface area contributed by atoms with Gasteiger partial charge in [0.05, 0.1) is 0 Å². The van der Waals surface area contributed by atoms with Crippen LogP contribution in [0.1, 0.15) is 252 Å². The predicted molar refractivity (Wildman–Crippen MR) is 261 cm³/mol. The maximum atomic E-state index is 10.3. The van der Waals surface area contributed by atoms with Crippen LogP contribution in [0.5, 0.6) is 0 Å². The molecule has 0 atom stereocenters. The van der Waals surface area contributed by atoms with Gasteiger partial charge in [0.2, 0.25) is 0 Å². The van der Waals surface area contributed by atoms with Gasteiger partial charge in [0.15, 0.2) is 0 Å². The molecule has 3 N–H and O–H groups in total. The Morgan fingerprint density at radius 2 is 0.459 bits per heavy atom. The largest absolute Gasteiger partial charge is 0.481 e. The summed E-state index contributed by atoms with van der Waals surface area (Å²) in [5.74, 6) is -2.01. The third-order valence-corrected chi connectivity index (χ3v) is 10.0. The zero-order valence-electron chi connectivity index (χ0n) is 39.9. The minimum Gasteiger partial charge on any atom is -0.481 e. The minimum absolute atomic E-state index is 0. The van der Waals surface area contributed by atoms with Gasteiger partial charge >= 0.3 is 17.9 Å². The number of allylic oxidation sites excluding steroid dienone is 12. The Morgan fingerprint density at radius 1 is 0.279 bits per heavy atom. The Labute approximate surface area is 388 Å². The van der Waals surface area contributed by atoms with Crippen molar-refractivity contribution >= 4 is 17.9 Å². The number of hydrogen-bond donors (Lipinski definition) is 3. The molecule has 0 aromatic heterocycles. The van der Waals surface area contributed by atoms with Crippen molar-refractivity contribution in [2.75, 3.05) is 0 Å². The van der Waals surface area contributed by atoms with Crippen molar-refractivity contribution < 1.29 is 47.1 Å². The van der Waals surface area contributed by atoms with Crippen LogP contribution in [0, 0.1) is 0 Å². The van der Waals surface area contributed by atoms with Gasteiger partial charge in [0.25, 0.3) is 0 Å². The van der Waals surface area contributed by atoms with Gasteiger partial charge in [-0.3, -0.25) is 14.4 Å². The SMILES string of the molecule is CCCCC/C=C\C/C=C\CCCCCCCC(=O)O.CCCCC/C=C\C/C=C\CCCCCCCC(=O)O.CCCCC/C=C\C/C=C\CCCCCCCC(=O)O.[Cr]. The molecule has 0 amide bonds. The van der Waals surface area contributed by atoms with Crippen LogP contribution in [0.3, 0.4) is 0 Å². The molecule has 7 heteroatoms. The second kappa shape index (κ2) is 61.7. The molecule has 0 unspecified atom stereocenters. The van der Waals surface area contributed by atoms with Crippen LogP contribution in [0.15, 0.2) is 72.9 Å². The first-order chi connectivity index (χ1) is 29.3. The summed E-state index contributed by atoms with van der Waals surface area (Å²) in [6.07, 6.45) is 66.8. The summed E-state index contributed by atoms with van der Waals surface area (Å²) in [5.41, 5.74) is 0. The Kier molecular flexibility index (Phi) is 65.7. The summed E-state index contributed by atoms with van der Waals surface area (Å²) in [7, 11) is 0. The maximum absolute atomic E-state index is 10.3. The second-order valence-corrected chi connectivity index (χ2v) is 16.1. The van der Waals surface area contributed by atoms with Crippen LogP contribution >= 0.6 is 0 Å². The molecule has 0 bridgehead atoms. The number of carboxylic acid groups (broad SMARTS) is 3. The normalized spacial score (nSPS) is 11.5. The van der Waals surface area contributed by atoms with E-state index in [4.69, 9.17) is 15.3 Å². The molecule has 0 rings (SSSR count). The Hall–Kier alpha value is -2.62. The summed E-state index contributed by atoms with van der Waals surface area (Å²) in [5, 5.41) is 25.5. The zero-order valence-corrected chi connectivity index (χ0v) is 41.1. The first-order valence-electron chi connectivity index (χ1n) is 24.9. The van der Waals surface area contributed by atoms with E-state index >= 15 is 0 Å². The average Bonchev–Trinajstić information content (AvgIpc) is 3.22. The fourth-order valence-electron chi connectivity index (χ4n) is 6.26. The van der Waals surface area contributed by atoms with Gasteiger partial charge in [0.1, 0.15) is 0 Å². The molecule has 6 nitrogen and oxygen atoms in total. The molecule has 0 aromatic carbocycles. The first kappa shape index (κ1) is 65.0. The number of hydrogen-bond acceptors (Lipinski definition) is 3. The molecule has 0 spiro atoms. The molecular weight excluding hydrogens is 797 g/mol. The molecule has 0 radical (unpaired) electrons. The molecule has 0 saturated carbocycles. The predicted octanol–water partition coefficient (Wildman–Crippen LogP) is 17.7. The van der Waals surface area contributed by atoms with E-state index in [1.165, 1.54) is 135 Å². The van der Waals surface area contributed by atoms with Gasteiger partial charge in [-0.05, 0) is 116 Å². The van der Waals surface area contributed by atoms with Crippen LogP contribution in [0.25, 0.3) is 0 Å². The number of carboxylic acids is 3. The van der Waals surface area contributed by atoms with E-state index in [9.17, 15) is 14.4 Å². The number of unbranched alkanes of at least 4 members (excludes halogenated alkanes) is 24. The van der Waals surface area contributed by atoms with Crippen molar-refractivity contribution in [1.82, 2.24) is 0 Å². The van der Waals surface area contributed by atoms with E-state index in [0.717, 1.165) is 77.0 Å². The van der Waals surface area contributed by atoms with E-state index in [1.54, 1.807) is 0 Å². The molecule has 0 heterocycles. The van der Waals surface area contributed by atoms with Gasteiger partial charge in [0, 0.05) is 36.6 Å². The fraction of sp³-hybridized carbons (Fsp3) is 0.722. The van der Waals surface area contributed by atoms with Crippen molar-refractivity contribution in [2.45, 2.75) is 252 Å². The third-order valence-electron chi connectivity index (χ3n) is 10.0. The Morgan fingerprint density at radius 3 is 0.656 bits per heavy atom. The molecule has 0 aliphatic heterocycles. The van der Waals surface area contributed by atoms with Crippen molar-refractivity contribution in [1.29, 1.82) is 0 Å². The molecule has 0 fully saturated rings. The minimum atomic E-state index is -0.671. The topological polar surface area (TPSA) is 112 Å². The van der Waals surface area contributed by atoms with E-state index in [0.29, 0.717) is 19.3 Å². The monoisotopic (exact) mass is 893 g/mol. The van der Waals surface area contributed by atoms with Crippen molar-refractivity contribution in [3.05, 3.63) is 72.9 Å². The van der Waals surface area contributed by atoms with Gasteiger partial charge < -0.3 is 15.3 Å². The van der Waals surface area contributed by atoms with Gasteiger partial charge in [-0.15, -0.1) is 0 Å². The van der Waals surface area contributed by atoms with Crippen LogP contribution in [-0.2, 0) is 31.7 Å². The maximum Gasteiger partial charge on any atom is 0.303 e. The fourth-order valence-corrected chi connectivity index (χ4v) is 6.26. The van der Waals surface area contributed by atoms with E-state index in [2.05, 4.69) is 93.7 Å². The van der Waals surface area contributed by atoms with Crippen LogP contribution in [0.4, 0.5) is 0 Å². The van der Waals surface area contributed by atoms with Crippen molar-refractivity contribution in [3.8, 4) is 0 Å². The van der Waals surface area contributed by atoms with E-state index in [1.807, 2.05) is 0 Å². The standard InChI is InChI=1S/3C18H32O2.Cr/c3*1-2-3-4-5-6-7-8-9-10-11-12-13-14-15-16-17-18(19)20;/h3*6-7,9-10H,2-5,8,11-17H2,1H3,(H,19,20);/b3*7-6-,10-9-;. The summed E-state index contributed by atoms with van der Waals surface area (Å²) in [6.45, 7) is 6.70. The van der Waals surface area contributed by atoms with Gasteiger partial charge in [-0.1, -0.05) is 190 Å². The Balaban J connectivity index is -0.000000396. The molecule has 0 saturated heterocycles.